The number of amides is 1. The fourth-order valence-electron chi connectivity index (χ4n) is 3.77. The summed E-state index contributed by atoms with van der Waals surface area (Å²) in [6.45, 7) is 0. The molecule has 4 rings (SSSR count). The Kier molecular flexibility index (Phi) is 6.24. The van der Waals surface area contributed by atoms with Crippen molar-refractivity contribution in [2.24, 2.45) is 4.99 Å². The number of carboxylic acids is 2. The van der Waals surface area contributed by atoms with Gasteiger partial charge in [-0.15, -0.1) is 0 Å². The molecule has 7 nitrogen and oxygen atoms in total. The molecule has 1 atom stereocenters. The number of aliphatic carboxylic acids is 2. The zero-order chi connectivity index (χ0) is 24.5. The summed E-state index contributed by atoms with van der Waals surface area (Å²) in [4.78, 5) is 41.0. The van der Waals surface area contributed by atoms with Crippen LogP contribution in [0.15, 0.2) is 83.9 Å². The molecule has 3 aromatic carbocycles. The summed E-state index contributed by atoms with van der Waals surface area (Å²) in [5.74, 6) is -2.97. The van der Waals surface area contributed by atoms with Crippen molar-refractivity contribution in [1.82, 2.24) is 0 Å². The molecular formula is C25H16Cl2N2O5. The van der Waals surface area contributed by atoms with Crippen LogP contribution in [-0.4, -0.2) is 28.1 Å². The highest BCUT2D eigenvalue weighted by Gasteiger charge is 2.46. The van der Waals surface area contributed by atoms with Crippen molar-refractivity contribution in [3.8, 4) is 0 Å². The van der Waals surface area contributed by atoms with E-state index in [0.717, 1.165) is 6.08 Å². The van der Waals surface area contributed by atoms with E-state index in [1.54, 1.807) is 48.5 Å². The van der Waals surface area contributed by atoms with Crippen LogP contribution in [0.1, 0.15) is 15.9 Å². The van der Waals surface area contributed by atoms with E-state index in [4.69, 9.17) is 23.2 Å². The molecule has 0 spiro atoms. The average molecular weight is 495 g/mol. The van der Waals surface area contributed by atoms with E-state index in [9.17, 15) is 24.6 Å². The van der Waals surface area contributed by atoms with E-state index < -0.39 is 17.5 Å². The first-order valence-electron chi connectivity index (χ1n) is 9.93. The van der Waals surface area contributed by atoms with Crippen LogP contribution in [0, 0.1) is 0 Å². The summed E-state index contributed by atoms with van der Waals surface area (Å²) >= 11 is 12.3. The van der Waals surface area contributed by atoms with Gasteiger partial charge >= 0.3 is 11.9 Å². The highest BCUT2D eigenvalue weighted by Crippen LogP contribution is 2.38. The third kappa shape index (κ3) is 4.19. The van der Waals surface area contributed by atoms with Gasteiger partial charge in [0, 0.05) is 28.1 Å². The molecule has 0 aliphatic carbocycles. The largest absolute Gasteiger partial charge is 0.479 e. The lowest BCUT2D eigenvalue weighted by molar-refractivity contribution is -0.141. The number of fused-ring (bicyclic) bond motifs is 1. The van der Waals surface area contributed by atoms with Gasteiger partial charge in [-0.1, -0.05) is 53.5 Å². The molecule has 0 saturated carbocycles. The van der Waals surface area contributed by atoms with E-state index in [1.807, 2.05) is 0 Å². The normalized spacial score (nSPS) is 16.7. The zero-order valence-corrected chi connectivity index (χ0v) is 18.8. The van der Waals surface area contributed by atoms with Gasteiger partial charge < -0.3 is 15.5 Å². The molecule has 3 N–H and O–H groups in total. The topological polar surface area (TPSA) is 116 Å². The molecule has 9 heteroatoms. The monoisotopic (exact) mass is 494 g/mol. The Morgan fingerprint density at radius 1 is 0.912 bits per heavy atom. The summed E-state index contributed by atoms with van der Waals surface area (Å²) < 4.78 is 0. The number of nitrogens with zero attached hydrogens (tertiary/aromatic N) is 1. The second kappa shape index (κ2) is 9.13. The van der Waals surface area contributed by atoms with Gasteiger partial charge in [0.1, 0.15) is 0 Å². The molecule has 3 aromatic rings. The Labute approximate surface area is 203 Å². The van der Waals surface area contributed by atoms with Crippen LogP contribution in [0.2, 0.25) is 10.0 Å². The summed E-state index contributed by atoms with van der Waals surface area (Å²) in [7, 11) is 0. The van der Waals surface area contributed by atoms with Crippen molar-refractivity contribution in [2.75, 3.05) is 5.32 Å². The summed E-state index contributed by atoms with van der Waals surface area (Å²) in [5, 5.41) is 23.2. The van der Waals surface area contributed by atoms with Gasteiger partial charge in [0.05, 0.1) is 15.4 Å². The number of rotatable bonds is 6. The van der Waals surface area contributed by atoms with Gasteiger partial charge in [-0.3, -0.25) is 9.79 Å². The van der Waals surface area contributed by atoms with Crippen molar-refractivity contribution in [3.05, 3.63) is 111 Å². The molecule has 34 heavy (non-hydrogen) atoms. The minimum absolute atomic E-state index is 0.0995. The van der Waals surface area contributed by atoms with Crippen LogP contribution >= 0.6 is 23.2 Å². The van der Waals surface area contributed by atoms with Gasteiger partial charge in [0.25, 0.3) is 5.91 Å². The molecule has 1 unspecified atom stereocenters. The zero-order valence-electron chi connectivity index (χ0n) is 17.3. The maximum atomic E-state index is 12.7. The number of carbonyl (C=O) groups is 3. The van der Waals surface area contributed by atoms with Crippen molar-refractivity contribution >= 4 is 52.3 Å². The first kappa shape index (κ1) is 23.2. The predicted molar refractivity (Wildman–Crippen MR) is 128 cm³/mol. The second-order valence-electron chi connectivity index (χ2n) is 7.40. The molecule has 0 saturated heterocycles. The van der Waals surface area contributed by atoms with Gasteiger partial charge in [-0.05, 0) is 48.0 Å². The Morgan fingerprint density at radius 3 is 2.29 bits per heavy atom. The van der Waals surface area contributed by atoms with E-state index in [1.165, 1.54) is 24.3 Å². The predicted octanol–water partition coefficient (Wildman–Crippen LogP) is 3.65. The van der Waals surface area contributed by atoms with E-state index in [-0.39, 0.29) is 32.4 Å². The van der Waals surface area contributed by atoms with Crippen LogP contribution < -0.4 is 15.9 Å². The van der Waals surface area contributed by atoms with Gasteiger partial charge in [-0.2, -0.15) is 0 Å². The van der Waals surface area contributed by atoms with Gasteiger partial charge in [0.15, 0.2) is 0 Å². The Balaban J connectivity index is 1.89. The fraction of sp³-hybridized carbons (Fsp3) is 0.0400. The molecule has 1 amide bonds. The Morgan fingerprint density at radius 2 is 1.62 bits per heavy atom. The number of carbonyl (C=O) groups excluding carboxylic acids is 1. The quantitative estimate of drug-likeness (QED) is 0.452. The highest BCUT2D eigenvalue weighted by atomic mass is 35.5. The molecule has 0 aromatic heterocycles. The molecule has 0 bridgehead atoms. The molecular weight excluding hydrogens is 479 g/mol. The van der Waals surface area contributed by atoms with Gasteiger partial charge in [0.2, 0.25) is 5.54 Å². The lowest BCUT2D eigenvalue weighted by Crippen LogP contribution is -2.34. The first-order valence-corrected chi connectivity index (χ1v) is 10.7. The number of anilines is 1. The van der Waals surface area contributed by atoms with Crippen LogP contribution in [0.3, 0.4) is 0 Å². The maximum absolute atomic E-state index is 12.7. The lowest BCUT2D eigenvalue weighted by Gasteiger charge is -2.25. The summed E-state index contributed by atoms with van der Waals surface area (Å²) in [6.07, 6.45) is 2.02. The third-order valence-corrected chi connectivity index (χ3v) is 6.01. The standard InChI is InChI=1S/C25H16Cl2N2O5/c26-19-12-17-18(9-10-22(30)31)25(24(33)34,29-21(17)13-20(19)27)15-7-4-8-16(11-15)28-23(32)14-5-2-1-3-6-14/h1-13H,(H,28,32)(H,30,31)(H,33,34). The molecule has 0 fully saturated rings. The molecule has 1 aliphatic heterocycles. The van der Waals surface area contributed by atoms with Gasteiger partial charge in [-0.25, -0.2) is 9.59 Å². The van der Waals surface area contributed by atoms with Crippen LogP contribution in [0.25, 0.3) is 5.57 Å². The highest BCUT2D eigenvalue weighted by molar-refractivity contribution is 6.42. The van der Waals surface area contributed by atoms with Crippen molar-refractivity contribution in [1.29, 1.82) is 0 Å². The lowest BCUT2D eigenvalue weighted by atomic mass is 9.82. The minimum Gasteiger partial charge on any atom is -0.479 e. The van der Waals surface area contributed by atoms with Crippen LogP contribution in [0.4, 0.5) is 5.69 Å². The number of benzene rings is 3. The third-order valence-electron chi connectivity index (χ3n) is 5.28. The Hall–Kier alpha value is -3.94. The molecule has 1 heterocycles. The minimum atomic E-state index is -1.99. The number of hydrogen-bond acceptors (Lipinski definition) is 4. The number of nitrogens with one attached hydrogen (secondary N) is 1. The van der Waals surface area contributed by atoms with Crippen LogP contribution in [0.5, 0.6) is 0 Å². The molecule has 0 radical (unpaired) electrons. The summed E-state index contributed by atoms with van der Waals surface area (Å²) in [5.41, 5.74) is -0.909. The Bertz CT molecular complexity index is 1480. The van der Waals surface area contributed by atoms with Crippen LogP contribution in [-0.2, 0) is 15.1 Å². The number of hydrogen-bond donors (Lipinski definition) is 3. The number of carboxylic acid groups (broad SMARTS) is 2. The number of halogens is 2. The molecule has 170 valence electrons. The van der Waals surface area contributed by atoms with Crippen molar-refractivity contribution in [2.45, 2.75) is 5.54 Å². The van der Waals surface area contributed by atoms with E-state index in [0.29, 0.717) is 16.5 Å². The van der Waals surface area contributed by atoms with Crippen molar-refractivity contribution in [3.63, 3.8) is 0 Å². The first-order chi connectivity index (χ1) is 16.2. The van der Waals surface area contributed by atoms with E-state index >= 15 is 0 Å². The van der Waals surface area contributed by atoms with Crippen molar-refractivity contribution < 1.29 is 24.6 Å². The second-order valence-corrected chi connectivity index (χ2v) is 8.21. The average Bonchev–Trinajstić information content (AvgIpc) is 3.13. The fourth-order valence-corrected chi connectivity index (χ4v) is 4.09. The molecule has 1 aliphatic rings. The van der Waals surface area contributed by atoms with E-state index in [2.05, 4.69) is 10.3 Å². The SMILES string of the molecule is O=C(O)C=CC1=c2cc(Cl)c(Cl)cc2=NC1(C(=O)O)c1cccc(NC(=O)c2ccccc2)c1. The smallest absolute Gasteiger partial charge is 0.341 e. The summed E-state index contributed by atoms with van der Waals surface area (Å²) in [6, 6.07) is 17.6. The maximum Gasteiger partial charge on any atom is 0.341 e.